The summed E-state index contributed by atoms with van der Waals surface area (Å²) in [6.45, 7) is 1.64. The smallest absolute Gasteiger partial charge is 0.151 e. The van der Waals surface area contributed by atoms with Crippen molar-refractivity contribution in [3.8, 4) is 11.5 Å². The number of hydrogen-bond donors (Lipinski definition) is 1. The van der Waals surface area contributed by atoms with Gasteiger partial charge in [0.05, 0.1) is 20.0 Å². The summed E-state index contributed by atoms with van der Waals surface area (Å²) in [4.78, 5) is 0. The zero-order valence-corrected chi connectivity index (χ0v) is 12.6. The van der Waals surface area contributed by atoms with Crippen molar-refractivity contribution in [2.45, 2.75) is 13.0 Å². The third-order valence-electron chi connectivity index (χ3n) is 3.02. The maximum Gasteiger partial charge on any atom is 0.151 e. The molecule has 6 heteroatoms. The molecule has 0 aliphatic heterocycles. The minimum absolute atomic E-state index is 0.0313. The SMILES string of the molecule is CCS(=O)(=O)CC(NC)c1cc(OC)ccc1OC. The van der Waals surface area contributed by atoms with Crippen molar-refractivity contribution in [3.63, 3.8) is 0 Å². The molecule has 0 saturated heterocycles. The minimum atomic E-state index is -3.08. The summed E-state index contributed by atoms with van der Waals surface area (Å²) in [6.07, 6.45) is 0. The van der Waals surface area contributed by atoms with E-state index in [2.05, 4.69) is 5.32 Å². The van der Waals surface area contributed by atoms with Gasteiger partial charge in [0.1, 0.15) is 11.5 Å². The number of sulfone groups is 1. The topological polar surface area (TPSA) is 64.6 Å². The highest BCUT2D eigenvalue weighted by molar-refractivity contribution is 7.91. The largest absolute Gasteiger partial charge is 0.497 e. The fraction of sp³-hybridized carbons (Fsp3) is 0.538. The molecular weight excluding hydrogens is 266 g/mol. The molecule has 0 amide bonds. The zero-order valence-electron chi connectivity index (χ0n) is 11.8. The highest BCUT2D eigenvalue weighted by Crippen LogP contribution is 2.30. The van der Waals surface area contributed by atoms with Crippen LogP contribution in [0.4, 0.5) is 0 Å². The average molecular weight is 287 g/mol. The first kappa shape index (κ1) is 15.8. The summed E-state index contributed by atoms with van der Waals surface area (Å²) in [5.41, 5.74) is 0.779. The van der Waals surface area contributed by atoms with Crippen LogP contribution in [-0.2, 0) is 9.84 Å². The van der Waals surface area contributed by atoms with Gasteiger partial charge in [0.2, 0.25) is 0 Å². The Hall–Kier alpha value is -1.27. The van der Waals surface area contributed by atoms with E-state index in [0.717, 1.165) is 5.56 Å². The molecular formula is C13H21NO4S. The molecule has 1 atom stereocenters. The van der Waals surface area contributed by atoms with Gasteiger partial charge in [0.25, 0.3) is 0 Å². The molecule has 0 aliphatic rings. The number of methoxy groups -OCH3 is 2. The standard InChI is InChI=1S/C13H21NO4S/c1-5-19(15,16)9-12(14-2)11-8-10(17-3)6-7-13(11)18-4/h6-8,12,14H,5,9H2,1-4H3. The van der Waals surface area contributed by atoms with E-state index in [1.54, 1.807) is 46.4 Å². The molecule has 0 radical (unpaired) electrons. The molecule has 1 N–H and O–H groups in total. The Morgan fingerprint density at radius 3 is 2.42 bits per heavy atom. The lowest BCUT2D eigenvalue weighted by molar-refractivity contribution is 0.393. The Balaban J connectivity index is 3.16. The predicted octanol–water partition coefficient (Wildman–Crippen LogP) is 1.40. The summed E-state index contributed by atoms with van der Waals surface area (Å²) >= 11 is 0. The van der Waals surface area contributed by atoms with Crippen LogP contribution in [0.5, 0.6) is 11.5 Å². The Morgan fingerprint density at radius 2 is 1.95 bits per heavy atom. The Bertz CT molecular complexity index is 513. The summed E-state index contributed by atoms with van der Waals surface area (Å²) in [5, 5.41) is 3.02. The molecule has 0 aliphatic carbocycles. The van der Waals surface area contributed by atoms with Crippen LogP contribution in [0.15, 0.2) is 18.2 Å². The molecule has 19 heavy (non-hydrogen) atoms. The second-order valence-corrected chi connectivity index (χ2v) is 6.55. The second kappa shape index (κ2) is 6.77. The molecule has 108 valence electrons. The van der Waals surface area contributed by atoms with Crippen LogP contribution in [0.1, 0.15) is 18.5 Å². The van der Waals surface area contributed by atoms with Crippen LogP contribution in [0.2, 0.25) is 0 Å². The van der Waals surface area contributed by atoms with Crippen molar-refractivity contribution in [2.24, 2.45) is 0 Å². The third kappa shape index (κ3) is 4.11. The van der Waals surface area contributed by atoms with Gasteiger partial charge in [-0.15, -0.1) is 0 Å². The highest BCUT2D eigenvalue weighted by Gasteiger charge is 2.21. The quantitative estimate of drug-likeness (QED) is 0.821. The van der Waals surface area contributed by atoms with E-state index in [0.29, 0.717) is 11.5 Å². The van der Waals surface area contributed by atoms with E-state index in [4.69, 9.17) is 9.47 Å². The monoisotopic (exact) mass is 287 g/mol. The van der Waals surface area contributed by atoms with E-state index >= 15 is 0 Å². The summed E-state index contributed by atoms with van der Waals surface area (Å²) < 4.78 is 34.0. The van der Waals surface area contributed by atoms with E-state index in [-0.39, 0.29) is 17.5 Å². The number of rotatable bonds is 7. The van der Waals surface area contributed by atoms with E-state index in [1.165, 1.54) is 0 Å². The normalized spacial score (nSPS) is 13.1. The fourth-order valence-corrected chi connectivity index (χ4v) is 2.90. The molecule has 1 rings (SSSR count). The van der Waals surface area contributed by atoms with Crippen LogP contribution in [0.3, 0.4) is 0 Å². The van der Waals surface area contributed by atoms with Crippen molar-refractivity contribution in [3.05, 3.63) is 23.8 Å². The van der Waals surface area contributed by atoms with Crippen molar-refractivity contribution < 1.29 is 17.9 Å². The van der Waals surface area contributed by atoms with Gasteiger partial charge in [-0.25, -0.2) is 8.42 Å². The van der Waals surface area contributed by atoms with Crippen LogP contribution in [0, 0.1) is 0 Å². The molecule has 1 aromatic rings. The van der Waals surface area contributed by atoms with Crippen molar-refractivity contribution in [2.75, 3.05) is 32.8 Å². The molecule has 0 saturated carbocycles. The molecule has 0 spiro atoms. The third-order valence-corrected chi connectivity index (χ3v) is 4.74. The van der Waals surface area contributed by atoms with Crippen LogP contribution >= 0.6 is 0 Å². The van der Waals surface area contributed by atoms with Gasteiger partial charge < -0.3 is 14.8 Å². The van der Waals surface area contributed by atoms with Gasteiger partial charge >= 0.3 is 0 Å². The van der Waals surface area contributed by atoms with Crippen LogP contribution < -0.4 is 14.8 Å². The number of ether oxygens (including phenoxy) is 2. The summed E-state index contributed by atoms with van der Waals surface area (Å²) in [6, 6.07) is 5.03. The van der Waals surface area contributed by atoms with E-state index < -0.39 is 9.84 Å². The number of hydrogen-bond acceptors (Lipinski definition) is 5. The minimum Gasteiger partial charge on any atom is -0.497 e. The summed E-state index contributed by atoms with van der Waals surface area (Å²) in [7, 11) is 1.78. The fourth-order valence-electron chi connectivity index (χ4n) is 1.81. The molecule has 1 unspecified atom stereocenters. The Morgan fingerprint density at radius 1 is 1.26 bits per heavy atom. The lowest BCUT2D eigenvalue weighted by Crippen LogP contribution is -2.26. The molecule has 5 nitrogen and oxygen atoms in total. The first-order valence-corrected chi connectivity index (χ1v) is 7.89. The maximum absolute atomic E-state index is 11.8. The predicted molar refractivity (Wildman–Crippen MR) is 75.7 cm³/mol. The highest BCUT2D eigenvalue weighted by atomic mass is 32.2. The molecule has 1 aromatic carbocycles. The lowest BCUT2D eigenvalue weighted by atomic mass is 10.1. The van der Waals surface area contributed by atoms with Crippen molar-refractivity contribution in [1.29, 1.82) is 0 Å². The molecule has 0 heterocycles. The Kier molecular flexibility index (Phi) is 5.62. The number of nitrogens with one attached hydrogen (secondary N) is 1. The molecule has 0 bridgehead atoms. The molecule has 0 aromatic heterocycles. The Labute approximate surface area is 114 Å². The van der Waals surface area contributed by atoms with Gasteiger partial charge in [-0.3, -0.25) is 0 Å². The van der Waals surface area contributed by atoms with E-state index in [9.17, 15) is 8.42 Å². The van der Waals surface area contributed by atoms with Gasteiger partial charge in [0, 0.05) is 17.4 Å². The van der Waals surface area contributed by atoms with Crippen molar-refractivity contribution >= 4 is 9.84 Å². The first-order chi connectivity index (χ1) is 8.97. The zero-order chi connectivity index (χ0) is 14.5. The first-order valence-electron chi connectivity index (χ1n) is 6.07. The number of benzene rings is 1. The second-order valence-electron chi connectivity index (χ2n) is 4.15. The van der Waals surface area contributed by atoms with Gasteiger partial charge in [-0.2, -0.15) is 0 Å². The lowest BCUT2D eigenvalue weighted by Gasteiger charge is -2.19. The maximum atomic E-state index is 11.8. The van der Waals surface area contributed by atoms with E-state index in [1.807, 2.05) is 0 Å². The van der Waals surface area contributed by atoms with Crippen molar-refractivity contribution in [1.82, 2.24) is 5.32 Å². The van der Waals surface area contributed by atoms with Gasteiger partial charge in [0.15, 0.2) is 9.84 Å². The van der Waals surface area contributed by atoms with Crippen LogP contribution in [0.25, 0.3) is 0 Å². The van der Waals surface area contributed by atoms with Gasteiger partial charge in [-0.05, 0) is 25.2 Å². The molecule has 0 fully saturated rings. The van der Waals surface area contributed by atoms with Gasteiger partial charge in [-0.1, -0.05) is 6.92 Å². The van der Waals surface area contributed by atoms with Crippen LogP contribution in [-0.4, -0.2) is 41.2 Å². The summed E-state index contributed by atoms with van der Waals surface area (Å²) in [5.74, 6) is 1.47. The average Bonchev–Trinajstić information content (AvgIpc) is 2.44.